The summed E-state index contributed by atoms with van der Waals surface area (Å²) in [5, 5.41) is 13.1. The summed E-state index contributed by atoms with van der Waals surface area (Å²) in [7, 11) is 0. The molecule has 4 saturated carbocycles. The number of benzene rings is 1. The summed E-state index contributed by atoms with van der Waals surface area (Å²) >= 11 is 0. The van der Waals surface area contributed by atoms with Crippen molar-refractivity contribution in [3.8, 4) is 0 Å². The number of carbonyl (C=O) groups excluding carboxylic acids is 3. The summed E-state index contributed by atoms with van der Waals surface area (Å²) in [6.07, 6.45) is 8.60. The highest BCUT2D eigenvalue weighted by atomic mass is 16.5. The van der Waals surface area contributed by atoms with Crippen molar-refractivity contribution in [3.05, 3.63) is 46.5 Å². The first-order chi connectivity index (χ1) is 25.4. The predicted octanol–water partition coefficient (Wildman–Crippen LogP) is 9.41. The fraction of sp³-hybridized carbons (Fsp3) is 0.739. The number of allylic oxidation sites excluding steroid dienone is 1. The molecule has 0 aliphatic heterocycles. The third-order valence-corrected chi connectivity index (χ3v) is 14.8. The van der Waals surface area contributed by atoms with Gasteiger partial charge in [0.05, 0.1) is 11.8 Å². The second kappa shape index (κ2) is 16.2. The summed E-state index contributed by atoms with van der Waals surface area (Å²) in [5.74, 6) is 0.401. The number of carboxylic acid groups (broad SMARTS) is 1. The number of esters is 2. The molecule has 0 bridgehead atoms. The number of nitrogens with one attached hydrogen (secondary N) is 1. The average Bonchev–Trinajstić information content (AvgIpc) is 3.42. The summed E-state index contributed by atoms with van der Waals surface area (Å²) in [4.78, 5) is 51.3. The lowest BCUT2D eigenvalue weighted by molar-refractivity contribution is -0.180. The van der Waals surface area contributed by atoms with Crippen LogP contribution in [0.2, 0.25) is 0 Å². The Labute approximate surface area is 325 Å². The lowest BCUT2D eigenvalue weighted by Gasteiger charge is -2.66. The maximum atomic E-state index is 14.1. The van der Waals surface area contributed by atoms with Gasteiger partial charge in [0.1, 0.15) is 12.2 Å². The summed E-state index contributed by atoms with van der Waals surface area (Å²) in [6.45, 7) is 21.3. The zero-order valence-electron chi connectivity index (χ0n) is 34.9. The maximum absolute atomic E-state index is 14.1. The third kappa shape index (κ3) is 7.84. The first kappa shape index (κ1) is 42.1. The van der Waals surface area contributed by atoms with Gasteiger partial charge in [-0.2, -0.15) is 0 Å². The number of hydrogen-bond acceptors (Lipinski definition) is 7. The van der Waals surface area contributed by atoms with E-state index >= 15 is 0 Å². The molecular weight excluding hydrogens is 679 g/mol. The molecule has 0 heterocycles. The van der Waals surface area contributed by atoms with Crippen LogP contribution in [0.5, 0.6) is 0 Å². The van der Waals surface area contributed by atoms with Gasteiger partial charge in [0, 0.05) is 31.8 Å². The maximum Gasteiger partial charge on any atom is 0.309 e. The zero-order chi connectivity index (χ0) is 39.8. The minimum absolute atomic E-state index is 0.111. The highest BCUT2D eigenvalue weighted by molar-refractivity contribution is 6.00. The highest BCUT2D eigenvalue weighted by Gasteiger charge is 2.65. The topological polar surface area (TPSA) is 119 Å². The smallest absolute Gasteiger partial charge is 0.309 e. The third-order valence-electron chi connectivity index (χ3n) is 14.8. The van der Waals surface area contributed by atoms with E-state index in [1.54, 1.807) is 13.8 Å². The first-order valence-corrected chi connectivity index (χ1v) is 21.1. The number of carbonyl (C=O) groups is 4. The van der Waals surface area contributed by atoms with E-state index in [4.69, 9.17) is 9.47 Å². The van der Waals surface area contributed by atoms with Crippen molar-refractivity contribution in [1.82, 2.24) is 5.32 Å². The van der Waals surface area contributed by atoms with Gasteiger partial charge in [-0.15, -0.1) is 0 Å². The van der Waals surface area contributed by atoms with E-state index in [-0.39, 0.29) is 41.0 Å². The van der Waals surface area contributed by atoms with Gasteiger partial charge in [-0.3, -0.25) is 19.2 Å². The van der Waals surface area contributed by atoms with Crippen LogP contribution in [0.15, 0.2) is 35.4 Å². The van der Waals surface area contributed by atoms with E-state index in [0.717, 1.165) is 63.4 Å². The number of aryl methyl sites for hydroxylation is 1. The van der Waals surface area contributed by atoms with Crippen LogP contribution >= 0.6 is 0 Å². The van der Waals surface area contributed by atoms with Crippen molar-refractivity contribution in [2.45, 2.75) is 159 Å². The normalized spacial score (nSPS) is 33.7. The van der Waals surface area contributed by atoms with Crippen LogP contribution in [0.4, 0.5) is 0 Å². The quantitative estimate of drug-likeness (QED) is 0.215. The molecule has 4 fully saturated rings. The summed E-state index contributed by atoms with van der Waals surface area (Å²) in [6, 6.07) is 8.49. The van der Waals surface area contributed by atoms with Gasteiger partial charge >= 0.3 is 17.9 Å². The zero-order valence-corrected chi connectivity index (χ0v) is 34.9. The summed E-state index contributed by atoms with van der Waals surface area (Å²) < 4.78 is 12.2. The van der Waals surface area contributed by atoms with Gasteiger partial charge in [0.15, 0.2) is 5.78 Å². The molecule has 2 N–H and O–H groups in total. The molecule has 9 atom stereocenters. The lowest BCUT2D eigenvalue weighted by atomic mass is 9.39. The van der Waals surface area contributed by atoms with Crippen LogP contribution in [0.25, 0.3) is 0 Å². The van der Waals surface area contributed by atoms with Crippen LogP contribution in [-0.4, -0.2) is 47.6 Å². The molecule has 1 aromatic rings. The number of hydrogen-bond donors (Lipinski definition) is 2. The fourth-order valence-electron chi connectivity index (χ4n) is 12.2. The van der Waals surface area contributed by atoms with Gasteiger partial charge in [-0.05, 0) is 136 Å². The van der Waals surface area contributed by atoms with Crippen molar-refractivity contribution in [1.29, 1.82) is 0 Å². The Hall–Kier alpha value is -3.00. The number of carboxylic acids is 1. The van der Waals surface area contributed by atoms with E-state index in [1.165, 1.54) is 23.6 Å². The Bertz CT molecular complexity index is 1590. The highest BCUT2D eigenvalue weighted by Crippen LogP contribution is 2.71. The fourth-order valence-corrected chi connectivity index (χ4v) is 12.2. The Morgan fingerprint density at radius 2 is 1.63 bits per heavy atom. The van der Waals surface area contributed by atoms with Crippen molar-refractivity contribution >= 4 is 23.7 Å². The second-order valence-electron chi connectivity index (χ2n) is 18.8. The number of rotatable bonds is 11. The van der Waals surface area contributed by atoms with E-state index in [0.29, 0.717) is 43.2 Å². The van der Waals surface area contributed by atoms with Crippen LogP contribution in [-0.2, 0) is 35.2 Å². The molecule has 0 spiro atoms. The van der Waals surface area contributed by atoms with Crippen LogP contribution < -0.4 is 5.32 Å². The minimum Gasteiger partial charge on any atom is -0.481 e. The van der Waals surface area contributed by atoms with Crippen molar-refractivity contribution in [2.24, 2.45) is 51.2 Å². The SMILES string of the molecule is CC.CC(=O)OC(CNCc1ccc(C)cc1)C12CCC3C(CCC4C5(C)CCC(OC(=O)CC(C)(C)C(=O)O)CC5CCC34C)C1=C(C(C)C)C(=O)C2. The predicted molar refractivity (Wildman–Crippen MR) is 211 cm³/mol. The summed E-state index contributed by atoms with van der Waals surface area (Å²) in [5.41, 5.74) is 3.35. The van der Waals surface area contributed by atoms with Gasteiger partial charge in [0.2, 0.25) is 0 Å². The first-order valence-electron chi connectivity index (χ1n) is 21.1. The standard InChI is InChI=1S/C44H63NO7.C2H6/c1-26(2)38-34(47)22-44(36(51-28(4)46)25-45-24-29-11-9-27(3)10-12-29)20-17-33-32(39(38)44)13-14-35-42(7)19-16-31(21-30(42)15-18-43(33,35)8)52-37(48)23-41(5,6)40(49)50;1-2/h9-12,26,30-33,35-36,45H,13-25H2,1-8H3,(H,49,50);1-2H3. The molecule has 5 aliphatic rings. The van der Waals surface area contributed by atoms with Crippen molar-refractivity contribution < 1.29 is 33.8 Å². The van der Waals surface area contributed by atoms with Gasteiger partial charge in [-0.25, -0.2) is 0 Å². The Morgan fingerprint density at radius 1 is 0.963 bits per heavy atom. The van der Waals surface area contributed by atoms with Gasteiger partial charge in [0.25, 0.3) is 0 Å². The van der Waals surface area contributed by atoms with Crippen molar-refractivity contribution in [3.63, 3.8) is 0 Å². The van der Waals surface area contributed by atoms with Crippen molar-refractivity contribution in [2.75, 3.05) is 6.54 Å². The molecular formula is C46H69NO7. The second-order valence-corrected chi connectivity index (χ2v) is 18.8. The Kier molecular flexibility index (Phi) is 12.7. The molecule has 8 nitrogen and oxygen atoms in total. The molecule has 0 radical (unpaired) electrons. The average molecular weight is 748 g/mol. The van der Waals surface area contributed by atoms with Crippen LogP contribution in [0.1, 0.15) is 144 Å². The molecule has 54 heavy (non-hydrogen) atoms. The molecule has 300 valence electrons. The Balaban J connectivity index is 0.00000276. The molecule has 1 aromatic carbocycles. The molecule has 0 aromatic heterocycles. The Morgan fingerprint density at radius 3 is 2.26 bits per heavy atom. The number of fused-ring (bicyclic) bond motifs is 7. The molecule has 8 heteroatoms. The lowest BCUT2D eigenvalue weighted by Crippen LogP contribution is -2.60. The molecule has 0 saturated heterocycles. The van der Waals surface area contributed by atoms with Crippen LogP contribution in [0, 0.1) is 58.2 Å². The van der Waals surface area contributed by atoms with E-state index in [2.05, 4.69) is 64.2 Å². The van der Waals surface area contributed by atoms with Gasteiger partial charge < -0.3 is 19.9 Å². The largest absolute Gasteiger partial charge is 0.481 e. The number of aliphatic carboxylic acids is 1. The van der Waals surface area contributed by atoms with Crippen LogP contribution in [0.3, 0.4) is 0 Å². The van der Waals surface area contributed by atoms with E-state index in [9.17, 15) is 24.3 Å². The monoisotopic (exact) mass is 748 g/mol. The number of ether oxygens (including phenoxy) is 2. The number of ketones is 1. The number of Topliss-reactive ketones (excluding diaryl/α,β-unsaturated/α-hetero) is 1. The van der Waals surface area contributed by atoms with E-state index in [1.807, 2.05) is 13.8 Å². The molecule has 6 rings (SSSR count). The van der Waals surface area contributed by atoms with E-state index < -0.39 is 28.9 Å². The molecule has 5 aliphatic carbocycles. The van der Waals surface area contributed by atoms with Gasteiger partial charge in [-0.1, -0.05) is 71.4 Å². The molecule has 0 amide bonds. The molecule has 9 unspecified atom stereocenters. The minimum atomic E-state index is -1.14.